The fourth-order valence-corrected chi connectivity index (χ4v) is 3.13. The predicted molar refractivity (Wildman–Crippen MR) is 96.3 cm³/mol. The molecule has 2 nitrogen and oxygen atoms in total. The van der Waals surface area contributed by atoms with E-state index < -0.39 is 0 Å². The Kier molecular flexibility index (Phi) is 4.53. The van der Waals surface area contributed by atoms with Crippen molar-refractivity contribution in [2.24, 2.45) is 0 Å². The highest BCUT2D eigenvalue weighted by Gasteiger charge is 2.31. The van der Waals surface area contributed by atoms with Gasteiger partial charge in [-0.1, -0.05) is 53.1 Å². The van der Waals surface area contributed by atoms with E-state index in [1.807, 2.05) is 54.6 Å². The number of ketones is 1. The van der Waals surface area contributed by atoms with Crippen LogP contribution in [0.15, 0.2) is 65.7 Å². The van der Waals surface area contributed by atoms with Crippen LogP contribution in [0.5, 0.6) is 0 Å². The fraction of sp³-hybridized carbons (Fsp3) is 0.250. The topological polar surface area (TPSA) is 20.3 Å². The summed E-state index contributed by atoms with van der Waals surface area (Å²) in [6.45, 7) is 5.04. The number of benzene rings is 2. The van der Waals surface area contributed by atoms with Crippen LogP contribution in [0.1, 0.15) is 30.6 Å². The van der Waals surface area contributed by atoms with Crippen LogP contribution in [0.4, 0.5) is 5.69 Å². The highest BCUT2D eigenvalue weighted by atomic mass is 35.5. The summed E-state index contributed by atoms with van der Waals surface area (Å²) in [5.41, 5.74) is 4.45. The van der Waals surface area contributed by atoms with Gasteiger partial charge < -0.3 is 4.90 Å². The Bertz CT molecular complexity index is 734. The first-order valence-corrected chi connectivity index (χ1v) is 8.21. The molecule has 0 saturated carbocycles. The predicted octanol–water partition coefficient (Wildman–Crippen LogP) is 5.14. The number of anilines is 1. The van der Waals surface area contributed by atoms with E-state index in [9.17, 15) is 4.79 Å². The Hall–Kier alpha value is -2.06. The van der Waals surface area contributed by atoms with Crippen molar-refractivity contribution >= 4 is 23.1 Å². The average molecular weight is 326 g/mol. The lowest BCUT2D eigenvalue weighted by Crippen LogP contribution is -2.45. The van der Waals surface area contributed by atoms with E-state index >= 15 is 0 Å². The van der Waals surface area contributed by atoms with Gasteiger partial charge in [0.05, 0.1) is 6.04 Å². The molecule has 3 rings (SSSR count). The maximum absolute atomic E-state index is 13.0. The first-order valence-electron chi connectivity index (χ1n) is 7.83. The van der Waals surface area contributed by atoms with Crippen LogP contribution in [0.25, 0.3) is 0 Å². The molecule has 0 bridgehead atoms. The molecular formula is C20H20ClNO. The number of carbonyl (C=O) groups excluding carboxylic acids is 1. The lowest BCUT2D eigenvalue weighted by atomic mass is 9.90. The molecule has 2 aromatic carbocycles. The molecule has 23 heavy (non-hydrogen) atoms. The van der Waals surface area contributed by atoms with Gasteiger partial charge in [-0.2, -0.15) is 0 Å². The number of hydrogen-bond acceptors (Lipinski definition) is 2. The van der Waals surface area contributed by atoms with E-state index in [0.29, 0.717) is 5.02 Å². The summed E-state index contributed by atoms with van der Waals surface area (Å²) < 4.78 is 0. The molecule has 3 heteroatoms. The van der Waals surface area contributed by atoms with Gasteiger partial charge in [-0.15, -0.1) is 0 Å². The van der Waals surface area contributed by atoms with Crippen LogP contribution >= 0.6 is 11.6 Å². The summed E-state index contributed by atoms with van der Waals surface area (Å²) in [7, 11) is 0. The molecule has 118 valence electrons. The molecule has 0 aliphatic carbocycles. The van der Waals surface area contributed by atoms with Crippen LogP contribution in [0, 0.1) is 0 Å². The van der Waals surface area contributed by atoms with Crippen LogP contribution < -0.4 is 4.90 Å². The smallest absolute Gasteiger partial charge is 0.185 e. The molecule has 1 heterocycles. The number of carbonyl (C=O) groups is 1. The van der Waals surface area contributed by atoms with Crippen LogP contribution in [0.3, 0.4) is 0 Å². The zero-order chi connectivity index (χ0) is 16.4. The van der Waals surface area contributed by atoms with Crippen LogP contribution in [0.2, 0.25) is 5.02 Å². The quantitative estimate of drug-likeness (QED) is 0.575. The minimum absolute atomic E-state index is 0.165. The van der Waals surface area contributed by atoms with Crippen molar-refractivity contribution in [3.8, 4) is 0 Å². The molecular weight excluding hydrogens is 306 g/mol. The van der Waals surface area contributed by atoms with Crippen molar-refractivity contribution in [3.05, 3.63) is 76.3 Å². The molecule has 0 fully saturated rings. The SMILES string of the molecule is CC1=C(C)CN(c2ccc(Cl)cc2)[C@H](C(=O)c2ccccc2)C1. The molecule has 0 saturated heterocycles. The second-order valence-electron chi connectivity index (χ2n) is 6.12. The second kappa shape index (κ2) is 6.59. The standard InChI is InChI=1S/C20H20ClNO/c1-14-12-19(20(23)16-6-4-3-5-7-16)22(13-15(14)2)18-10-8-17(21)9-11-18/h3-11,19H,12-13H2,1-2H3/t19-/m0/s1. The first kappa shape index (κ1) is 15.8. The molecule has 0 amide bonds. The van der Waals surface area contributed by atoms with Crippen molar-refractivity contribution in [2.45, 2.75) is 26.3 Å². The largest absolute Gasteiger partial charge is 0.357 e. The maximum atomic E-state index is 13.0. The Morgan fingerprint density at radius 3 is 2.30 bits per heavy atom. The lowest BCUT2D eigenvalue weighted by molar-refractivity contribution is 0.0955. The Morgan fingerprint density at radius 1 is 1.00 bits per heavy atom. The van der Waals surface area contributed by atoms with Crippen molar-refractivity contribution < 1.29 is 4.79 Å². The van der Waals surface area contributed by atoms with E-state index in [1.54, 1.807) is 0 Å². The molecule has 1 aliphatic rings. The number of nitrogens with zero attached hydrogens (tertiary/aromatic N) is 1. The van der Waals surface area contributed by atoms with Gasteiger partial charge in [0.2, 0.25) is 0 Å². The van der Waals surface area contributed by atoms with Crippen molar-refractivity contribution in [2.75, 3.05) is 11.4 Å². The fourth-order valence-electron chi connectivity index (χ4n) is 3.01. The summed E-state index contributed by atoms with van der Waals surface area (Å²) in [5.74, 6) is 0.174. The zero-order valence-electron chi connectivity index (χ0n) is 13.4. The minimum Gasteiger partial charge on any atom is -0.357 e. The van der Waals surface area contributed by atoms with Gasteiger partial charge in [0, 0.05) is 22.8 Å². The number of halogens is 1. The van der Waals surface area contributed by atoms with E-state index in [-0.39, 0.29) is 11.8 Å². The van der Waals surface area contributed by atoms with Gasteiger partial charge in [-0.25, -0.2) is 0 Å². The van der Waals surface area contributed by atoms with E-state index in [0.717, 1.165) is 24.2 Å². The van der Waals surface area contributed by atoms with Crippen LogP contribution in [-0.4, -0.2) is 18.4 Å². The number of hydrogen-bond donors (Lipinski definition) is 0. The van der Waals surface area contributed by atoms with Gasteiger partial charge in [-0.05, 0) is 44.5 Å². The molecule has 2 aromatic rings. The molecule has 0 N–H and O–H groups in total. The first-order chi connectivity index (χ1) is 11.1. The highest BCUT2D eigenvalue weighted by Crippen LogP contribution is 2.30. The number of Topliss-reactive ketones (excluding diaryl/α,β-unsaturated/α-hetero) is 1. The van der Waals surface area contributed by atoms with Gasteiger partial charge >= 0.3 is 0 Å². The summed E-state index contributed by atoms with van der Waals surface area (Å²) in [5, 5.41) is 0.708. The van der Waals surface area contributed by atoms with Crippen molar-refractivity contribution in [1.82, 2.24) is 0 Å². The average Bonchev–Trinajstić information content (AvgIpc) is 2.58. The molecule has 0 aromatic heterocycles. The number of rotatable bonds is 3. The van der Waals surface area contributed by atoms with Gasteiger partial charge in [0.1, 0.15) is 0 Å². The van der Waals surface area contributed by atoms with E-state index in [4.69, 9.17) is 11.6 Å². The maximum Gasteiger partial charge on any atom is 0.185 e. The third kappa shape index (κ3) is 3.32. The molecule has 0 unspecified atom stereocenters. The molecule has 0 radical (unpaired) electrons. The normalized spacial score (nSPS) is 18.2. The van der Waals surface area contributed by atoms with Gasteiger partial charge in [0.25, 0.3) is 0 Å². The summed E-state index contributed by atoms with van der Waals surface area (Å²) in [4.78, 5) is 15.2. The van der Waals surface area contributed by atoms with Gasteiger partial charge in [0.15, 0.2) is 5.78 Å². The van der Waals surface area contributed by atoms with E-state index in [1.165, 1.54) is 11.1 Å². The van der Waals surface area contributed by atoms with Crippen LogP contribution in [-0.2, 0) is 0 Å². The summed E-state index contributed by atoms with van der Waals surface area (Å²) in [6.07, 6.45) is 0.766. The molecule has 1 aliphatic heterocycles. The summed E-state index contributed by atoms with van der Waals surface area (Å²) >= 11 is 6.00. The molecule has 0 spiro atoms. The van der Waals surface area contributed by atoms with Gasteiger partial charge in [-0.3, -0.25) is 4.79 Å². The van der Waals surface area contributed by atoms with E-state index in [2.05, 4.69) is 18.7 Å². The second-order valence-corrected chi connectivity index (χ2v) is 6.55. The minimum atomic E-state index is -0.165. The van der Waals surface area contributed by atoms with Crippen molar-refractivity contribution in [1.29, 1.82) is 0 Å². The third-order valence-corrected chi connectivity index (χ3v) is 4.78. The zero-order valence-corrected chi connectivity index (χ0v) is 14.2. The van der Waals surface area contributed by atoms with Crippen molar-refractivity contribution in [3.63, 3.8) is 0 Å². The summed E-state index contributed by atoms with van der Waals surface area (Å²) in [6, 6.07) is 17.1. The monoisotopic (exact) mass is 325 g/mol. The Morgan fingerprint density at radius 2 is 1.65 bits per heavy atom. The molecule has 1 atom stereocenters. The Labute approximate surface area is 142 Å². The Balaban J connectivity index is 1.97. The third-order valence-electron chi connectivity index (χ3n) is 4.53. The highest BCUT2D eigenvalue weighted by molar-refractivity contribution is 6.30. The lowest BCUT2D eigenvalue weighted by Gasteiger charge is -2.38.